The van der Waals surface area contributed by atoms with Crippen LogP contribution in [0.3, 0.4) is 0 Å². The zero-order valence-electron chi connectivity index (χ0n) is 14.2. The smallest absolute Gasteiger partial charge is 0.336 e. The van der Waals surface area contributed by atoms with Crippen molar-refractivity contribution in [2.24, 2.45) is 0 Å². The Kier molecular flexibility index (Phi) is 4.84. The maximum atomic E-state index is 12.5. The van der Waals surface area contributed by atoms with Crippen LogP contribution in [-0.4, -0.2) is 27.6 Å². The molecule has 3 heterocycles. The van der Waals surface area contributed by atoms with Gasteiger partial charge in [-0.1, -0.05) is 24.0 Å². The van der Waals surface area contributed by atoms with Crippen molar-refractivity contribution in [1.29, 1.82) is 0 Å². The molecule has 7 nitrogen and oxygen atoms in total. The van der Waals surface area contributed by atoms with Crippen LogP contribution in [0.1, 0.15) is 5.76 Å². The van der Waals surface area contributed by atoms with Crippen LogP contribution < -0.4 is 10.9 Å². The SMILES string of the molecule is O=C(CN1C(=O)C(=Cc2ccco2)SC1=S)Nc1ccc2oc(=O)ccc2c1. The van der Waals surface area contributed by atoms with Crippen LogP contribution in [0.25, 0.3) is 17.0 Å². The number of benzene rings is 1. The second-order valence-electron chi connectivity index (χ2n) is 5.84. The molecule has 1 fully saturated rings. The lowest BCUT2D eigenvalue weighted by Gasteiger charge is -2.14. The van der Waals surface area contributed by atoms with Crippen molar-refractivity contribution in [1.82, 2.24) is 4.90 Å². The van der Waals surface area contributed by atoms with E-state index in [1.165, 1.54) is 17.2 Å². The van der Waals surface area contributed by atoms with E-state index >= 15 is 0 Å². The topological polar surface area (TPSA) is 92.8 Å². The van der Waals surface area contributed by atoms with Crippen LogP contribution in [0.2, 0.25) is 0 Å². The van der Waals surface area contributed by atoms with Gasteiger partial charge in [-0.15, -0.1) is 0 Å². The highest BCUT2D eigenvalue weighted by atomic mass is 32.2. The van der Waals surface area contributed by atoms with Crippen molar-refractivity contribution in [2.45, 2.75) is 0 Å². The van der Waals surface area contributed by atoms with E-state index in [1.54, 1.807) is 42.5 Å². The van der Waals surface area contributed by atoms with Crippen molar-refractivity contribution >= 4 is 62.8 Å². The van der Waals surface area contributed by atoms with Crippen LogP contribution in [0.5, 0.6) is 0 Å². The molecule has 28 heavy (non-hydrogen) atoms. The molecule has 1 aliphatic rings. The molecule has 2 amide bonds. The average Bonchev–Trinajstić information content (AvgIpc) is 3.26. The largest absolute Gasteiger partial charge is 0.465 e. The second kappa shape index (κ2) is 7.45. The highest BCUT2D eigenvalue weighted by molar-refractivity contribution is 8.26. The van der Waals surface area contributed by atoms with Crippen LogP contribution in [0, 0.1) is 0 Å². The van der Waals surface area contributed by atoms with Crippen LogP contribution in [0.15, 0.2) is 67.3 Å². The minimum Gasteiger partial charge on any atom is -0.465 e. The number of carbonyl (C=O) groups is 2. The molecule has 1 saturated heterocycles. The third kappa shape index (κ3) is 3.75. The van der Waals surface area contributed by atoms with Crippen molar-refractivity contribution in [3.63, 3.8) is 0 Å². The Hall–Kier alpha value is -3.17. The van der Waals surface area contributed by atoms with Gasteiger partial charge in [0.15, 0.2) is 0 Å². The third-order valence-electron chi connectivity index (χ3n) is 3.89. The van der Waals surface area contributed by atoms with Gasteiger partial charge in [0.25, 0.3) is 5.91 Å². The number of hydrogen-bond donors (Lipinski definition) is 1. The fourth-order valence-electron chi connectivity index (χ4n) is 2.63. The van der Waals surface area contributed by atoms with E-state index in [1.807, 2.05) is 0 Å². The molecule has 4 rings (SSSR count). The Morgan fingerprint density at radius 3 is 2.86 bits per heavy atom. The lowest BCUT2D eigenvalue weighted by atomic mass is 10.2. The molecule has 3 aromatic rings. The molecule has 0 aliphatic carbocycles. The summed E-state index contributed by atoms with van der Waals surface area (Å²) in [4.78, 5) is 37.8. The van der Waals surface area contributed by atoms with Crippen LogP contribution >= 0.6 is 24.0 Å². The summed E-state index contributed by atoms with van der Waals surface area (Å²) in [6, 6.07) is 11.2. The number of nitrogens with zero attached hydrogens (tertiary/aromatic N) is 1. The van der Waals surface area contributed by atoms with Crippen LogP contribution in [-0.2, 0) is 9.59 Å². The van der Waals surface area contributed by atoms with Crippen molar-refractivity contribution < 1.29 is 18.4 Å². The van der Waals surface area contributed by atoms with Gasteiger partial charge in [-0.25, -0.2) is 4.79 Å². The lowest BCUT2D eigenvalue weighted by molar-refractivity contribution is -0.126. The molecule has 0 saturated carbocycles. The minimum absolute atomic E-state index is 0.206. The summed E-state index contributed by atoms with van der Waals surface area (Å²) in [7, 11) is 0. The van der Waals surface area contributed by atoms with Gasteiger partial charge in [0.2, 0.25) is 5.91 Å². The molecular weight excluding hydrogens is 400 g/mol. The van der Waals surface area contributed by atoms with Crippen LogP contribution in [0.4, 0.5) is 5.69 Å². The summed E-state index contributed by atoms with van der Waals surface area (Å²) < 4.78 is 10.6. The summed E-state index contributed by atoms with van der Waals surface area (Å²) in [5.74, 6) is -0.207. The number of nitrogens with one attached hydrogen (secondary N) is 1. The maximum absolute atomic E-state index is 12.5. The zero-order valence-corrected chi connectivity index (χ0v) is 15.8. The van der Waals surface area contributed by atoms with Gasteiger partial charge < -0.3 is 14.2 Å². The Bertz CT molecular complexity index is 1180. The van der Waals surface area contributed by atoms with E-state index in [9.17, 15) is 14.4 Å². The van der Waals surface area contributed by atoms with Gasteiger partial charge >= 0.3 is 5.63 Å². The average molecular weight is 412 g/mol. The molecule has 1 N–H and O–H groups in total. The Morgan fingerprint density at radius 2 is 2.07 bits per heavy atom. The van der Waals surface area contributed by atoms with Gasteiger partial charge in [-0.2, -0.15) is 0 Å². The van der Waals surface area contributed by atoms with E-state index < -0.39 is 11.5 Å². The second-order valence-corrected chi connectivity index (χ2v) is 7.51. The molecule has 0 radical (unpaired) electrons. The molecule has 1 aliphatic heterocycles. The third-order valence-corrected chi connectivity index (χ3v) is 5.27. The van der Waals surface area contributed by atoms with Crippen molar-refractivity contribution in [3.8, 4) is 0 Å². The molecule has 9 heteroatoms. The first-order valence-corrected chi connectivity index (χ1v) is 9.35. The summed E-state index contributed by atoms with van der Waals surface area (Å²) >= 11 is 6.34. The fraction of sp³-hybridized carbons (Fsp3) is 0.0526. The van der Waals surface area contributed by atoms with Gasteiger partial charge in [0, 0.05) is 23.2 Å². The standard InChI is InChI=1S/C19H12N2O5S2/c22-16(20-12-4-5-14-11(8-12)3-6-17(23)26-14)10-21-18(24)15(28-19(21)27)9-13-2-1-7-25-13/h1-9H,10H2,(H,20,22). The molecule has 0 unspecified atom stereocenters. The summed E-state index contributed by atoms with van der Waals surface area (Å²) in [5, 5.41) is 3.39. The lowest BCUT2D eigenvalue weighted by Crippen LogP contribution is -2.36. The summed E-state index contributed by atoms with van der Waals surface area (Å²) in [6.45, 7) is -0.206. The Balaban J connectivity index is 1.46. The van der Waals surface area contributed by atoms with Gasteiger partial charge in [-0.05, 0) is 36.4 Å². The number of carbonyl (C=O) groups excluding carboxylic acids is 2. The summed E-state index contributed by atoms with van der Waals surface area (Å²) in [5.41, 5.74) is 0.495. The molecule has 1 aromatic carbocycles. The number of rotatable bonds is 4. The molecule has 0 spiro atoms. The fourth-order valence-corrected chi connectivity index (χ4v) is 3.87. The van der Waals surface area contributed by atoms with E-state index in [-0.39, 0.29) is 12.5 Å². The molecule has 140 valence electrons. The first kappa shape index (κ1) is 18.2. The first-order valence-electron chi connectivity index (χ1n) is 8.12. The van der Waals surface area contributed by atoms with Gasteiger partial charge in [-0.3, -0.25) is 14.5 Å². The number of hydrogen-bond acceptors (Lipinski definition) is 7. The van der Waals surface area contributed by atoms with E-state index in [2.05, 4.69) is 5.32 Å². The quantitative estimate of drug-likeness (QED) is 0.399. The predicted octanol–water partition coefficient (Wildman–Crippen LogP) is 3.23. The highest BCUT2D eigenvalue weighted by Crippen LogP contribution is 2.32. The van der Waals surface area contributed by atoms with Crippen molar-refractivity contribution in [3.05, 3.63) is 69.8 Å². The predicted molar refractivity (Wildman–Crippen MR) is 110 cm³/mol. The number of thiocarbonyl (C=S) groups is 1. The molecule has 0 atom stereocenters. The minimum atomic E-state index is -0.443. The van der Waals surface area contributed by atoms with E-state index in [0.29, 0.717) is 31.6 Å². The molecule has 0 bridgehead atoms. The number of thioether (sulfide) groups is 1. The number of anilines is 1. The number of fused-ring (bicyclic) bond motifs is 1. The molecule has 2 aromatic heterocycles. The zero-order chi connectivity index (χ0) is 19.7. The monoisotopic (exact) mass is 412 g/mol. The first-order chi connectivity index (χ1) is 13.5. The van der Waals surface area contributed by atoms with Gasteiger partial charge in [0.1, 0.15) is 22.2 Å². The molecular formula is C19H12N2O5S2. The normalized spacial score (nSPS) is 15.6. The maximum Gasteiger partial charge on any atom is 0.336 e. The number of furan rings is 1. The highest BCUT2D eigenvalue weighted by Gasteiger charge is 2.33. The Labute approximate surface area is 168 Å². The Morgan fingerprint density at radius 1 is 1.21 bits per heavy atom. The van der Waals surface area contributed by atoms with E-state index in [0.717, 1.165) is 11.8 Å². The van der Waals surface area contributed by atoms with E-state index in [4.69, 9.17) is 21.1 Å². The summed E-state index contributed by atoms with van der Waals surface area (Å²) in [6.07, 6.45) is 3.10. The number of amides is 2. The van der Waals surface area contributed by atoms with Gasteiger partial charge in [0.05, 0.1) is 11.2 Å². The van der Waals surface area contributed by atoms with Crippen molar-refractivity contribution in [2.75, 3.05) is 11.9 Å².